The van der Waals surface area contributed by atoms with Gasteiger partial charge in [-0.2, -0.15) is 30.8 Å². The van der Waals surface area contributed by atoms with Crippen LogP contribution in [0.25, 0.3) is 0 Å². The molecular weight excluding hydrogens is 1450 g/mol. The van der Waals surface area contributed by atoms with E-state index in [2.05, 4.69) is 205 Å². The first-order chi connectivity index (χ1) is 55.7. The molecular formula is C85H141N27O3. The maximum atomic E-state index is 11.4. The van der Waals surface area contributed by atoms with Crippen molar-refractivity contribution in [2.24, 2.45) is 7.05 Å². The van der Waals surface area contributed by atoms with E-state index in [9.17, 15) is 9.59 Å². The number of aryl methyl sites for hydroxylation is 3. The molecule has 16 rings (SSSR count). The molecule has 30 nitrogen and oxygen atoms in total. The second-order valence-electron chi connectivity index (χ2n) is 33.3. The first-order valence-electron chi connectivity index (χ1n) is 42.8. The number of aromatic nitrogens is 16. The lowest BCUT2D eigenvalue weighted by atomic mass is 9.94. The minimum absolute atomic E-state index is 0.0155. The summed E-state index contributed by atoms with van der Waals surface area (Å²) in [4.78, 5) is 54.1. The number of likely N-dealkylation sites (tertiary alicyclic amines) is 8. The van der Waals surface area contributed by atoms with Gasteiger partial charge in [-0.05, 0) is 301 Å². The molecule has 8 fully saturated rings. The van der Waals surface area contributed by atoms with Crippen LogP contribution in [-0.2, 0) is 49.4 Å². The van der Waals surface area contributed by atoms with Gasteiger partial charge in [0.05, 0.1) is 6.07 Å². The number of carbonyl (C=O) groups excluding carboxylic acids is 1. The van der Waals surface area contributed by atoms with Gasteiger partial charge in [-0.15, -0.1) is 0 Å². The van der Waals surface area contributed by atoms with Gasteiger partial charge in [-0.25, -0.2) is 15.0 Å². The van der Waals surface area contributed by atoms with Crippen LogP contribution in [0.1, 0.15) is 216 Å². The Balaban J connectivity index is 0.000000151. The number of imidazole rings is 3. The number of nitrogens with zero attached hydrogens (tertiary/aromatic N) is 23. The second kappa shape index (κ2) is 47.7. The summed E-state index contributed by atoms with van der Waals surface area (Å²) in [6.45, 7) is 25.9. The summed E-state index contributed by atoms with van der Waals surface area (Å²) in [7, 11) is 21.1. The number of hydrogen-bond acceptors (Lipinski definition) is 20. The number of anilines is 1. The minimum Gasteiger partial charge on any atom is -0.480 e. The van der Waals surface area contributed by atoms with Crippen LogP contribution < -0.4 is 11.1 Å². The number of aliphatic carboxylic acids is 1. The lowest BCUT2D eigenvalue weighted by molar-refractivity contribution is -0.137. The number of nitrogens with two attached hydrogens (primary N) is 1. The van der Waals surface area contributed by atoms with E-state index < -0.39 is 5.97 Å². The number of H-pyrrole nitrogens is 2. The van der Waals surface area contributed by atoms with Crippen LogP contribution >= 0.6 is 0 Å². The summed E-state index contributed by atoms with van der Waals surface area (Å²) in [6.07, 6.45) is 38.9. The molecule has 0 bridgehead atoms. The minimum atomic E-state index is -0.813. The van der Waals surface area contributed by atoms with Crippen LogP contribution in [0.3, 0.4) is 0 Å². The zero-order valence-electron chi connectivity index (χ0n) is 71.8. The Bertz CT molecular complexity index is 3980. The number of nitriles is 1. The molecule has 0 aromatic carbocycles. The predicted molar refractivity (Wildman–Crippen MR) is 455 cm³/mol. The topological polar surface area (TPSA) is 306 Å². The average molecular weight is 1590 g/mol. The van der Waals surface area contributed by atoms with Gasteiger partial charge in [0.2, 0.25) is 5.91 Å². The second-order valence-corrected chi connectivity index (χ2v) is 33.3. The van der Waals surface area contributed by atoms with E-state index in [1.54, 1.807) is 36.4 Å². The molecule has 0 aliphatic carbocycles. The fourth-order valence-electron chi connectivity index (χ4n) is 17.1. The highest BCUT2D eigenvalue weighted by Crippen LogP contribution is 2.33. The van der Waals surface area contributed by atoms with E-state index in [-0.39, 0.29) is 12.5 Å². The maximum absolute atomic E-state index is 11.4. The van der Waals surface area contributed by atoms with Crippen LogP contribution in [0.2, 0.25) is 0 Å². The van der Waals surface area contributed by atoms with Crippen LogP contribution in [0.4, 0.5) is 5.82 Å². The van der Waals surface area contributed by atoms with Crippen LogP contribution in [0.5, 0.6) is 0 Å². The number of piperidine rings is 8. The van der Waals surface area contributed by atoms with Crippen molar-refractivity contribution in [3.05, 3.63) is 138 Å². The standard InChI is InChI=1S/C12H20N4O.C12H21N3.C11H16N4.C11H17N3O2.C11H19N3.C10H17N3.C9H16N4.C9H15N3/c1-13-11(17)9-16-8-5-14-12(16)10-3-6-15(2)7-4-10;1-3-8-15-12(4-7-13-15)11-5-9-14(2)10-6-11;1-14-6-2-10(3-7-14)11-13-5-9-15(11)8-4-12;1-13-5-2-9(3-6-13)11-12-4-7-14(11)8-10(15)16;1-3-14-11(4-7-12-14)10-5-8-13(2)9-6-10;1-12-7-4-9(5-8-12)10-3-6-11-13(10)2;1-13-4-2-7(3-5-13)8-6-9(10)12-11-8;1-12-6-3-8(4-7-12)9-2-5-10-11-9/h5,8,10H,3-4,6-7,9H2,1-2H3,(H,13,17);4,7,11H,3,5-6,8-10H2,1-2H3;5,9-10H,2-3,6-8H2,1H3;4,7,9H,2-3,5-6,8H2,1H3,(H,15,16);4,7,10H,3,5-6,8-9H2,1-2H3;3,6,9H,4-5,7-8H2,1-2H3;6-7H,2-5H2,1H3,(H3,10,11,12);2,5,8H,3-4,6-7H2,1H3,(H,10,11). The van der Waals surface area contributed by atoms with Gasteiger partial charge in [0.15, 0.2) is 0 Å². The summed E-state index contributed by atoms with van der Waals surface area (Å²) < 4.78 is 12.0. The molecule has 0 unspecified atom stereocenters. The predicted octanol–water partition coefficient (Wildman–Crippen LogP) is 9.49. The van der Waals surface area contributed by atoms with Crippen molar-refractivity contribution in [1.82, 2.24) is 123 Å². The smallest absolute Gasteiger partial charge is 0.323 e. The van der Waals surface area contributed by atoms with Crippen molar-refractivity contribution in [2.45, 2.75) is 203 Å². The van der Waals surface area contributed by atoms with E-state index in [1.807, 2.05) is 64.1 Å². The number of aromatic amines is 2. The summed E-state index contributed by atoms with van der Waals surface area (Å²) >= 11 is 0. The number of carbonyl (C=O) groups is 2. The number of nitrogen functional groups attached to an aromatic ring is 1. The quantitative estimate of drug-likeness (QED) is 0.0601. The molecule has 8 saturated heterocycles. The number of rotatable bonds is 16. The first-order valence-corrected chi connectivity index (χ1v) is 42.8. The molecule has 115 heavy (non-hydrogen) atoms. The molecule has 8 aliphatic heterocycles. The van der Waals surface area contributed by atoms with Crippen molar-refractivity contribution < 1.29 is 14.7 Å². The summed E-state index contributed by atoms with van der Waals surface area (Å²) in [6, 6.07) is 12.7. The van der Waals surface area contributed by atoms with Crippen molar-refractivity contribution in [3.8, 4) is 6.07 Å². The van der Waals surface area contributed by atoms with E-state index >= 15 is 0 Å². The van der Waals surface area contributed by atoms with Crippen molar-refractivity contribution in [1.29, 1.82) is 5.26 Å². The Morgan fingerprint density at radius 2 is 0.809 bits per heavy atom. The fourth-order valence-corrected chi connectivity index (χ4v) is 17.1. The maximum Gasteiger partial charge on any atom is 0.323 e. The Labute approximate surface area is 685 Å². The Kier molecular flexibility index (Phi) is 37.6. The first kappa shape index (κ1) is 90.5. The van der Waals surface area contributed by atoms with Gasteiger partial charge in [0.25, 0.3) is 0 Å². The highest BCUT2D eigenvalue weighted by molar-refractivity contribution is 5.75. The highest BCUT2D eigenvalue weighted by Gasteiger charge is 2.29. The molecule has 0 radical (unpaired) electrons. The molecule has 0 atom stereocenters. The zero-order valence-corrected chi connectivity index (χ0v) is 71.8. The van der Waals surface area contributed by atoms with Crippen molar-refractivity contribution >= 4 is 17.7 Å². The van der Waals surface area contributed by atoms with Gasteiger partial charge in [-0.1, -0.05) is 6.92 Å². The molecule has 8 aliphatic rings. The van der Waals surface area contributed by atoms with Crippen LogP contribution in [-0.4, -0.2) is 303 Å². The van der Waals surface area contributed by atoms with Crippen LogP contribution in [0, 0.1) is 11.3 Å². The third-order valence-electron chi connectivity index (χ3n) is 24.6. The van der Waals surface area contributed by atoms with E-state index in [0.29, 0.717) is 48.5 Å². The summed E-state index contributed by atoms with van der Waals surface area (Å²) in [5.41, 5.74) is 12.3. The molecule has 0 spiro atoms. The largest absolute Gasteiger partial charge is 0.480 e. The molecule has 634 valence electrons. The third-order valence-corrected chi connectivity index (χ3v) is 24.6. The molecule has 1 amide bonds. The van der Waals surface area contributed by atoms with Gasteiger partial charge in [-0.3, -0.25) is 33.8 Å². The lowest BCUT2D eigenvalue weighted by Crippen LogP contribution is -2.31. The van der Waals surface area contributed by atoms with Gasteiger partial charge in [0.1, 0.15) is 42.9 Å². The third kappa shape index (κ3) is 29.0. The summed E-state index contributed by atoms with van der Waals surface area (Å²) in [5.74, 6) is 7.85. The van der Waals surface area contributed by atoms with Crippen LogP contribution in [0.15, 0.2) is 92.3 Å². The number of carboxylic acids is 1. The molecule has 30 heteroatoms. The number of carboxylic acid groups (broad SMARTS) is 1. The number of likely N-dealkylation sites (N-methyl/N-ethyl adjacent to an activating group) is 1. The van der Waals surface area contributed by atoms with E-state index in [1.165, 1.54) is 165 Å². The van der Waals surface area contributed by atoms with Gasteiger partial charge in [0, 0.05) is 171 Å². The van der Waals surface area contributed by atoms with Crippen molar-refractivity contribution in [2.75, 3.05) is 174 Å². The van der Waals surface area contributed by atoms with Gasteiger partial charge >= 0.3 is 5.97 Å². The Morgan fingerprint density at radius 3 is 1.17 bits per heavy atom. The SMILES string of the molecule is CCCn1nccc1C1CCN(C)CC1.CCn1nccc1C1CCN(C)CC1.CN1CCC(c2cc(N)n[nH]2)CC1.CN1CCC(c2ccn[nH]2)CC1.CN1CCC(c2ccnn2C)CC1.CN1CCC(c2nccn2CC#N)CC1.CN1CCC(c2nccn2CC(=O)O)CC1.CNC(=O)Cn1ccnc1C1CCN(C)CC1. The molecule has 8 aromatic heterocycles. The number of amides is 1. The normalized spacial score (nSPS) is 19.7. The van der Waals surface area contributed by atoms with E-state index in [4.69, 9.17) is 16.1 Å². The molecule has 8 aromatic rings. The lowest BCUT2D eigenvalue weighted by Gasteiger charge is -2.29. The Hall–Kier alpha value is -8.41. The van der Waals surface area contributed by atoms with Crippen molar-refractivity contribution in [3.63, 3.8) is 0 Å². The zero-order chi connectivity index (χ0) is 82.0. The molecule has 16 heterocycles. The highest BCUT2D eigenvalue weighted by atomic mass is 16.4. The van der Waals surface area contributed by atoms with Gasteiger partial charge < -0.3 is 69.1 Å². The molecule has 6 N–H and O–H groups in total. The fraction of sp³-hybridized carbons (Fsp3) is 0.682. The summed E-state index contributed by atoms with van der Waals surface area (Å²) in [5, 5.41) is 47.1. The molecule has 0 saturated carbocycles. The van der Waals surface area contributed by atoms with E-state index in [0.717, 1.165) is 126 Å². The Morgan fingerprint density at radius 1 is 0.452 bits per heavy atom. The average Bonchev–Trinajstić information content (AvgIpc) is 1.73. The number of nitrogens with one attached hydrogen (secondary N) is 3. The number of hydrogen-bond donors (Lipinski definition) is 5. The monoisotopic (exact) mass is 1590 g/mol.